The standard InChI is InChI=1S/C18H26N2O2/c1-22-17-10-3-2-9-15(17)16(20-11-4-5-12-20)13-19-18(21)14-7-6-8-14/h2-3,9-10,14,16H,4-8,11-13H2,1H3,(H,19,21)/t16-/m0/s1. The summed E-state index contributed by atoms with van der Waals surface area (Å²) >= 11 is 0. The average molecular weight is 302 g/mol. The van der Waals surface area contributed by atoms with Crippen LogP contribution >= 0.6 is 0 Å². The number of methoxy groups -OCH3 is 1. The molecule has 0 aromatic heterocycles. The molecule has 3 rings (SSSR count). The molecule has 2 aliphatic rings. The molecule has 0 unspecified atom stereocenters. The summed E-state index contributed by atoms with van der Waals surface area (Å²) in [5.74, 6) is 1.39. The van der Waals surface area contributed by atoms with E-state index in [0.29, 0.717) is 6.54 Å². The maximum atomic E-state index is 12.2. The molecule has 120 valence electrons. The maximum absolute atomic E-state index is 12.2. The van der Waals surface area contributed by atoms with Crippen molar-refractivity contribution in [2.24, 2.45) is 5.92 Å². The Morgan fingerprint density at radius 3 is 2.64 bits per heavy atom. The molecular weight excluding hydrogens is 276 g/mol. The number of ether oxygens (including phenoxy) is 1. The van der Waals surface area contributed by atoms with Crippen LogP contribution in [0.4, 0.5) is 0 Å². The summed E-state index contributed by atoms with van der Waals surface area (Å²) in [6.07, 6.45) is 5.77. The number of likely N-dealkylation sites (tertiary alicyclic amines) is 1. The van der Waals surface area contributed by atoms with Gasteiger partial charge in [0.05, 0.1) is 13.2 Å². The van der Waals surface area contributed by atoms with Crippen molar-refractivity contribution in [1.29, 1.82) is 0 Å². The quantitative estimate of drug-likeness (QED) is 0.878. The van der Waals surface area contributed by atoms with Crippen molar-refractivity contribution in [3.05, 3.63) is 29.8 Å². The molecule has 1 saturated heterocycles. The highest BCUT2D eigenvalue weighted by Crippen LogP contribution is 2.32. The van der Waals surface area contributed by atoms with Gasteiger partial charge in [-0.3, -0.25) is 9.69 Å². The molecular formula is C18H26N2O2. The second kappa shape index (κ2) is 7.14. The molecule has 0 bridgehead atoms. The van der Waals surface area contributed by atoms with Gasteiger partial charge in [0, 0.05) is 18.0 Å². The number of rotatable bonds is 6. The van der Waals surface area contributed by atoms with Crippen molar-refractivity contribution in [2.75, 3.05) is 26.7 Å². The zero-order chi connectivity index (χ0) is 15.4. The first-order valence-electron chi connectivity index (χ1n) is 8.44. The monoisotopic (exact) mass is 302 g/mol. The fraction of sp³-hybridized carbons (Fsp3) is 0.611. The number of carbonyl (C=O) groups excluding carboxylic acids is 1. The van der Waals surface area contributed by atoms with E-state index in [9.17, 15) is 4.79 Å². The van der Waals surface area contributed by atoms with Crippen LogP contribution in [0.25, 0.3) is 0 Å². The van der Waals surface area contributed by atoms with Crippen LogP contribution in [-0.4, -0.2) is 37.6 Å². The van der Waals surface area contributed by atoms with Gasteiger partial charge in [0.1, 0.15) is 5.75 Å². The Bertz CT molecular complexity index is 508. The second-order valence-corrected chi connectivity index (χ2v) is 6.37. The lowest BCUT2D eigenvalue weighted by Crippen LogP contribution is -2.40. The zero-order valence-corrected chi connectivity index (χ0v) is 13.4. The third-order valence-corrected chi connectivity index (χ3v) is 5.02. The Balaban J connectivity index is 1.72. The molecule has 1 heterocycles. The number of amides is 1. The molecule has 1 aromatic carbocycles. The van der Waals surface area contributed by atoms with Gasteiger partial charge in [-0.2, -0.15) is 0 Å². The predicted octanol–water partition coefficient (Wildman–Crippen LogP) is 2.75. The predicted molar refractivity (Wildman–Crippen MR) is 86.9 cm³/mol. The minimum atomic E-state index is 0.211. The normalized spacial score (nSPS) is 20.4. The Morgan fingerprint density at radius 2 is 2.00 bits per heavy atom. The minimum Gasteiger partial charge on any atom is -0.496 e. The van der Waals surface area contributed by atoms with E-state index in [2.05, 4.69) is 22.3 Å². The Kier molecular flexibility index (Phi) is 4.98. The molecule has 1 aliphatic carbocycles. The molecule has 1 aliphatic heterocycles. The topological polar surface area (TPSA) is 41.6 Å². The maximum Gasteiger partial charge on any atom is 0.223 e. The molecule has 2 fully saturated rings. The molecule has 4 heteroatoms. The summed E-state index contributed by atoms with van der Waals surface area (Å²) in [7, 11) is 1.72. The van der Waals surface area contributed by atoms with Gasteiger partial charge in [-0.15, -0.1) is 0 Å². The van der Waals surface area contributed by atoms with Crippen molar-refractivity contribution in [3.8, 4) is 5.75 Å². The lowest BCUT2D eigenvalue weighted by molar-refractivity contribution is -0.127. The number of nitrogens with zero attached hydrogens (tertiary/aromatic N) is 1. The van der Waals surface area contributed by atoms with Gasteiger partial charge in [0.2, 0.25) is 5.91 Å². The molecule has 1 N–H and O–H groups in total. The lowest BCUT2D eigenvalue weighted by Gasteiger charge is -2.31. The van der Waals surface area contributed by atoms with Gasteiger partial charge in [-0.05, 0) is 44.8 Å². The van der Waals surface area contributed by atoms with E-state index >= 15 is 0 Å². The van der Waals surface area contributed by atoms with Crippen LogP contribution in [0.1, 0.15) is 43.7 Å². The molecule has 0 radical (unpaired) electrons. The summed E-state index contributed by atoms with van der Waals surface area (Å²) < 4.78 is 5.53. The van der Waals surface area contributed by atoms with Crippen LogP contribution in [-0.2, 0) is 4.79 Å². The number of carbonyl (C=O) groups is 1. The SMILES string of the molecule is COc1ccccc1[C@H](CNC(=O)C1CCC1)N1CCCC1. The molecule has 22 heavy (non-hydrogen) atoms. The van der Waals surface area contributed by atoms with E-state index in [1.807, 2.05) is 12.1 Å². The first-order valence-corrected chi connectivity index (χ1v) is 8.44. The summed E-state index contributed by atoms with van der Waals surface area (Å²) in [4.78, 5) is 14.6. The molecule has 0 spiro atoms. The van der Waals surface area contributed by atoms with Crippen LogP contribution in [0.5, 0.6) is 5.75 Å². The number of para-hydroxylation sites is 1. The largest absolute Gasteiger partial charge is 0.496 e. The van der Waals surface area contributed by atoms with Gasteiger partial charge in [0.25, 0.3) is 0 Å². The van der Waals surface area contributed by atoms with Crippen molar-refractivity contribution < 1.29 is 9.53 Å². The number of nitrogens with one attached hydrogen (secondary N) is 1. The van der Waals surface area contributed by atoms with E-state index in [1.165, 1.54) is 24.8 Å². The third-order valence-electron chi connectivity index (χ3n) is 5.02. The first-order chi connectivity index (χ1) is 10.8. The van der Waals surface area contributed by atoms with Gasteiger partial charge >= 0.3 is 0 Å². The van der Waals surface area contributed by atoms with E-state index in [0.717, 1.165) is 31.7 Å². The van der Waals surface area contributed by atoms with Crippen LogP contribution in [0.15, 0.2) is 24.3 Å². The molecule has 1 amide bonds. The van der Waals surface area contributed by atoms with Crippen molar-refractivity contribution >= 4 is 5.91 Å². The number of hydrogen-bond acceptors (Lipinski definition) is 3. The minimum absolute atomic E-state index is 0.211. The van der Waals surface area contributed by atoms with Crippen LogP contribution < -0.4 is 10.1 Å². The summed E-state index contributed by atoms with van der Waals surface area (Å²) in [5.41, 5.74) is 1.18. The van der Waals surface area contributed by atoms with Crippen molar-refractivity contribution in [3.63, 3.8) is 0 Å². The van der Waals surface area contributed by atoms with E-state index in [1.54, 1.807) is 7.11 Å². The van der Waals surface area contributed by atoms with Gasteiger partial charge < -0.3 is 10.1 Å². The Morgan fingerprint density at radius 1 is 1.27 bits per heavy atom. The lowest BCUT2D eigenvalue weighted by atomic mass is 9.85. The van der Waals surface area contributed by atoms with E-state index in [-0.39, 0.29) is 17.9 Å². The van der Waals surface area contributed by atoms with E-state index in [4.69, 9.17) is 4.74 Å². The number of benzene rings is 1. The summed E-state index contributed by atoms with van der Waals surface area (Å²) in [5, 5.41) is 3.18. The molecule has 4 nitrogen and oxygen atoms in total. The van der Waals surface area contributed by atoms with Gasteiger partial charge in [-0.1, -0.05) is 24.6 Å². The highest BCUT2D eigenvalue weighted by atomic mass is 16.5. The first kappa shape index (κ1) is 15.3. The van der Waals surface area contributed by atoms with E-state index < -0.39 is 0 Å². The zero-order valence-electron chi connectivity index (χ0n) is 13.4. The highest BCUT2D eigenvalue weighted by molar-refractivity contribution is 5.79. The Labute approximate surface area is 132 Å². The third kappa shape index (κ3) is 3.27. The van der Waals surface area contributed by atoms with Crippen LogP contribution in [0, 0.1) is 5.92 Å². The average Bonchev–Trinajstić information content (AvgIpc) is 3.00. The van der Waals surface area contributed by atoms with Crippen LogP contribution in [0.3, 0.4) is 0 Å². The molecule has 1 saturated carbocycles. The van der Waals surface area contributed by atoms with Crippen molar-refractivity contribution in [1.82, 2.24) is 10.2 Å². The fourth-order valence-corrected chi connectivity index (χ4v) is 3.44. The summed E-state index contributed by atoms with van der Waals surface area (Å²) in [6.45, 7) is 2.87. The summed E-state index contributed by atoms with van der Waals surface area (Å²) in [6, 6.07) is 8.39. The molecule has 1 atom stereocenters. The fourth-order valence-electron chi connectivity index (χ4n) is 3.44. The Hall–Kier alpha value is -1.55. The smallest absolute Gasteiger partial charge is 0.223 e. The number of hydrogen-bond donors (Lipinski definition) is 1. The molecule has 1 aromatic rings. The van der Waals surface area contributed by atoms with Crippen molar-refractivity contribution in [2.45, 2.75) is 38.1 Å². The van der Waals surface area contributed by atoms with Crippen LogP contribution in [0.2, 0.25) is 0 Å². The van der Waals surface area contributed by atoms with Gasteiger partial charge in [0.15, 0.2) is 0 Å². The highest BCUT2D eigenvalue weighted by Gasteiger charge is 2.29. The van der Waals surface area contributed by atoms with Gasteiger partial charge in [-0.25, -0.2) is 0 Å². The second-order valence-electron chi connectivity index (χ2n) is 6.37.